The first kappa shape index (κ1) is 11.7. The summed E-state index contributed by atoms with van der Waals surface area (Å²) < 4.78 is 2.20. The fraction of sp³-hybridized carbons (Fsp3) is 0.462. The molecular formula is C13H15IN2S. The number of pyridine rings is 1. The summed E-state index contributed by atoms with van der Waals surface area (Å²) in [7, 11) is 0. The van der Waals surface area contributed by atoms with Gasteiger partial charge < -0.3 is 4.90 Å². The Morgan fingerprint density at radius 2 is 2.18 bits per heavy atom. The Morgan fingerprint density at radius 3 is 2.94 bits per heavy atom. The molecule has 0 unspecified atom stereocenters. The first-order valence-electron chi connectivity index (χ1n) is 5.97. The van der Waals surface area contributed by atoms with Crippen molar-refractivity contribution in [3.63, 3.8) is 0 Å². The highest BCUT2D eigenvalue weighted by Gasteiger charge is 2.20. The number of hydrogen-bond acceptors (Lipinski definition) is 3. The van der Waals surface area contributed by atoms with Crippen molar-refractivity contribution in [2.24, 2.45) is 0 Å². The maximum atomic E-state index is 4.66. The number of fused-ring (bicyclic) bond motifs is 1. The molecule has 17 heavy (non-hydrogen) atoms. The molecule has 2 aromatic heterocycles. The van der Waals surface area contributed by atoms with E-state index in [2.05, 4.69) is 50.8 Å². The first-order valence-corrected chi connectivity index (χ1v) is 8.10. The van der Waals surface area contributed by atoms with Crippen LogP contribution >= 0.6 is 33.9 Å². The van der Waals surface area contributed by atoms with E-state index in [1.54, 1.807) is 0 Å². The number of thiophene rings is 1. The molecule has 0 aromatic carbocycles. The smallest absolute Gasteiger partial charge is 0.146 e. The minimum atomic E-state index is 0.841. The summed E-state index contributed by atoms with van der Waals surface area (Å²) in [5.41, 5.74) is 1.29. The predicted octanol–water partition coefficient (Wildman–Crippen LogP) is 4.01. The number of rotatable bonds is 1. The second-order valence-corrected chi connectivity index (χ2v) is 7.27. The monoisotopic (exact) mass is 358 g/mol. The minimum Gasteiger partial charge on any atom is -0.355 e. The van der Waals surface area contributed by atoms with Crippen molar-refractivity contribution >= 4 is 49.8 Å². The first-order chi connectivity index (χ1) is 8.25. The van der Waals surface area contributed by atoms with Crippen molar-refractivity contribution in [3.8, 4) is 0 Å². The van der Waals surface area contributed by atoms with Gasteiger partial charge in [-0.05, 0) is 36.8 Å². The molecule has 1 aliphatic rings. The van der Waals surface area contributed by atoms with Gasteiger partial charge in [0.2, 0.25) is 0 Å². The predicted molar refractivity (Wildman–Crippen MR) is 83.6 cm³/mol. The molecule has 0 aliphatic carbocycles. The van der Waals surface area contributed by atoms with Crippen LogP contribution in [-0.4, -0.2) is 22.0 Å². The van der Waals surface area contributed by atoms with Gasteiger partial charge in [-0.2, -0.15) is 0 Å². The molecule has 4 heteroatoms. The normalized spacial score (nSPS) is 17.9. The van der Waals surface area contributed by atoms with Crippen LogP contribution in [0.2, 0.25) is 0 Å². The lowest BCUT2D eigenvalue weighted by Gasteiger charge is -2.30. The fourth-order valence-corrected chi connectivity index (χ4v) is 3.90. The largest absolute Gasteiger partial charge is 0.355 e. The van der Waals surface area contributed by atoms with Gasteiger partial charge in [-0.15, -0.1) is 11.3 Å². The highest BCUT2D eigenvalue weighted by atomic mass is 127. The number of alkyl halides is 1. The van der Waals surface area contributed by atoms with Gasteiger partial charge in [0.15, 0.2) is 0 Å². The van der Waals surface area contributed by atoms with Crippen LogP contribution in [0.15, 0.2) is 17.6 Å². The zero-order chi connectivity index (χ0) is 11.8. The maximum absolute atomic E-state index is 4.66. The van der Waals surface area contributed by atoms with Crippen molar-refractivity contribution < 1.29 is 0 Å². The lowest BCUT2D eigenvalue weighted by molar-refractivity contribution is 0.602. The van der Waals surface area contributed by atoms with Crippen LogP contribution in [-0.2, 0) is 0 Å². The summed E-state index contributed by atoms with van der Waals surface area (Å²) in [5.74, 6) is 1.20. The fourth-order valence-electron chi connectivity index (χ4n) is 2.36. The maximum Gasteiger partial charge on any atom is 0.146 e. The Labute approximate surface area is 119 Å². The molecule has 90 valence electrons. The molecule has 3 rings (SSSR count). The van der Waals surface area contributed by atoms with E-state index in [-0.39, 0.29) is 0 Å². The quantitative estimate of drug-likeness (QED) is 0.566. The zero-order valence-corrected chi connectivity index (χ0v) is 12.8. The van der Waals surface area contributed by atoms with E-state index in [1.807, 2.05) is 17.5 Å². The third kappa shape index (κ3) is 2.17. The molecule has 0 bridgehead atoms. The van der Waals surface area contributed by atoms with Crippen LogP contribution in [0.1, 0.15) is 18.4 Å². The number of anilines is 1. The van der Waals surface area contributed by atoms with Crippen molar-refractivity contribution in [1.82, 2.24) is 4.98 Å². The number of aryl methyl sites for hydroxylation is 1. The van der Waals surface area contributed by atoms with Gasteiger partial charge in [0.25, 0.3) is 0 Å². The van der Waals surface area contributed by atoms with E-state index in [0.29, 0.717) is 0 Å². The third-order valence-corrected chi connectivity index (χ3v) is 5.55. The Balaban J connectivity index is 2.00. The molecule has 2 nitrogen and oxygen atoms in total. The molecule has 2 aromatic rings. The standard InChI is InChI=1S/C13H15IN2S/c1-9-8-15-13(12-11(9)4-7-17-12)16-5-2-10(14)3-6-16/h4,7-8,10H,2-3,5-6H2,1H3. The minimum absolute atomic E-state index is 0.841. The molecule has 1 aliphatic heterocycles. The van der Waals surface area contributed by atoms with Crippen LogP contribution in [0.25, 0.3) is 10.1 Å². The number of aromatic nitrogens is 1. The molecule has 0 radical (unpaired) electrons. The molecule has 1 saturated heterocycles. The van der Waals surface area contributed by atoms with E-state index in [4.69, 9.17) is 0 Å². The third-order valence-electron chi connectivity index (χ3n) is 3.40. The van der Waals surface area contributed by atoms with Gasteiger partial charge >= 0.3 is 0 Å². The van der Waals surface area contributed by atoms with Gasteiger partial charge in [-0.25, -0.2) is 4.98 Å². The highest BCUT2D eigenvalue weighted by Crippen LogP contribution is 2.33. The molecule has 0 amide bonds. The van der Waals surface area contributed by atoms with E-state index in [0.717, 1.165) is 17.0 Å². The number of nitrogens with zero attached hydrogens (tertiary/aromatic N) is 2. The molecule has 0 spiro atoms. The van der Waals surface area contributed by atoms with Crippen LogP contribution in [0.4, 0.5) is 5.82 Å². The van der Waals surface area contributed by atoms with Crippen molar-refractivity contribution in [3.05, 3.63) is 23.2 Å². The molecule has 3 heterocycles. The number of halogens is 1. The van der Waals surface area contributed by atoms with Crippen LogP contribution < -0.4 is 4.90 Å². The Hall–Kier alpha value is -0.360. The van der Waals surface area contributed by atoms with Crippen LogP contribution in [0.3, 0.4) is 0 Å². The lowest BCUT2D eigenvalue weighted by atomic mass is 10.1. The summed E-state index contributed by atoms with van der Waals surface area (Å²) in [6.07, 6.45) is 4.58. The second-order valence-electron chi connectivity index (χ2n) is 4.59. The summed E-state index contributed by atoms with van der Waals surface area (Å²) in [6.45, 7) is 4.44. The average Bonchev–Trinajstić information content (AvgIpc) is 2.81. The van der Waals surface area contributed by atoms with E-state index in [9.17, 15) is 0 Å². The van der Waals surface area contributed by atoms with Gasteiger partial charge in [-0.3, -0.25) is 0 Å². The van der Waals surface area contributed by atoms with Gasteiger partial charge in [0.1, 0.15) is 5.82 Å². The number of hydrogen-bond donors (Lipinski definition) is 0. The molecule has 0 N–H and O–H groups in total. The van der Waals surface area contributed by atoms with Gasteiger partial charge in [0.05, 0.1) is 4.70 Å². The summed E-state index contributed by atoms with van der Waals surface area (Å²) in [4.78, 5) is 7.11. The Kier molecular flexibility index (Phi) is 3.25. The molecule has 0 saturated carbocycles. The number of piperidine rings is 1. The van der Waals surface area contributed by atoms with Crippen LogP contribution in [0.5, 0.6) is 0 Å². The highest BCUT2D eigenvalue weighted by molar-refractivity contribution is 14.1. The molecule has 1 fully saturated rings. The van der Waals surface area contributed by atoms with Crippen molar-refractivity contribution in [2.45, 2.75) is 23.7 Å². The Morgan fingerprint density at radius 1 is 1.41 bits per heavy atom. The summed E-state index contributed by atoms with van der Waals surface area (Å²) in [5, 5.41) is 3.55. The van der Waals surface area contributed by atoms with E-state index in [1.165, 1.54) is 34.3 Å². The summed E-state index contributed by atoms with van der Waals surface area (Å²) in [6, 6.07) is 2.21. The topological polar surface area (TPSA) is 16.1 Å². The molecular weight excluding hydrogens is 343 g/mol. The van der Waals surface area contributed by atoms with Gasteiger partial charge in [0, 0.05) is 28.6 Å². The average molecular weight is 358 g/mol. The lowest BCUT2D eigenvalue weighted by Crippen LogP contribution is -2.34. The van der Waals surface area contributed by atoms with Crippen LogP contribution in [0, 0.1) is 6.92 Å². The SMILES string of the molecule is Cc1cnc(N2CCC(I)CC2)c2sccc12. The molecule has 0 atom stereocenters. The zero-order valence-electron chi connectivity index (χ0n) is 9.82. The van der Waals surface area contributed by atoms with Gasteiger partial charge in [-0.1, -0.05) is 22.6 Å². The Bertz CT molecular complexity index is 529. The second kappa shape index (κ2) is 4.72. The van der Waals surface area contributed by atoms with Crippen molar-refractivity contribution in [2.75, 3.05) is 18.0 Å². The summed E-state index contributed by atoms with van der Waals surface area (Å²) >= 11 is 4.38. The van der Waals surface area contributed by atoms with Crippen molar-refractivity contribution in [1.29, 1.82) is 0 Å². The van der Waals surface area contributed by atoms with E-state index < -0.39 is 0 Å². The van der Waals surface area contributed by atoms with E-state index >= 15 is 0 Å².